The smallest absolute Gasteiger partial charge is 0.129 e. The fourth-order valence-corrected chi connectivity index (χ4v) is 1.80. The van der Waals surface area contributed by atoms with Crippen LogP contribution in [0, 0.1) is 5.92 Å². The van der Waals surface area contributed by atoms with Crippen LogP contribution in [0.2, 0.25) is 0 Å². The fraction of sp³-hybridized carbons (Fsp3) is 0.545. The van der Waals surface area contributed by atoms with Crippen LogP contribution >= 0.6 is 15.9 Å². The van der Waals surface area contributed by atoms with Crippen molar-refractivity contribution in [1.29, 1.82) is 0 Å². The highest BCUT2D eigenvalue weighted by atomic mass is 79.9. The molecular formula is C11H17BrN2. The van der Waals surface area contributed by atoms with Crippen LogP contribution in [0.1, 0.15) is 27.2 Å². The van der Waals surface area contributed by atoms with Crippen molar-refractivity contribution in [2.75, 3.05) is 5.32 Å². The Morgan fingerprint density at radius 3 is 2.71 bits per heavy atom. The van der Waals surface area contributed by atoms with E-state index in [1.165, 1.54) is 0 Å². The number of hydrogen-bond acceptors (Lipinski definition) is 2. The van der Waals surface area contributed by atoms with Crippen molar-refractivity contribution >= 4 is 21.6 Å². The summed E-state index contributed by atoms with van der Waals surface area (Å²) in [6.07, 6.45) is 2.91. The average Bonchev–Trinajstić information content (AvgIpc) is 2.16. The van der Waals surface area contributed by atoms with Crippen LogP contribution in [0.15, 0.2) is 22.9 Å². The monoisotopic (exact) mass is 256 g/mol. The second-order valence-corrected chi connectivity index (χ2v) is 4.50. The SMILES string of the molecule is CCC(Nc1cccnc1Br)C(C)C. The average molecular weight is 257 g/mol. The number of pyridine rings is 1. The van der Waals surface area contributed by atoms with Gasteiger partial charge in [-0.3, -0.25) is 0 Å². The minimum absolute atomic E-state index is 0.510. The largest absolute Gasteiger partial charge is 0.380 e. The third kappa shape index (κ3) is 2.98. The van der Waals surface area contributed by atoms with Crippen LogP contribution < -0.4 is 5.32 Å². The van der Waals surface area contributed by atoms with E-state index in [-0.39, 0.29) is 0 Å². The van der Waals surface area contributed by atoms with Crippen molar-refractivity contribution in [3.8, 4) is 0 Å². The minimum atomic E-state index is 0.510. The standard InChI is InChI=1S/C11H17BrN2/c1-4-9(8(2)3)14-10-6-5-7-13-11(10)12/h5-9,14H,4H2,1-3H3. The van der Waals surface area contributed by atoms with Crippen molar-refractivity contribution in [3.05, 3.63) is 22.9 Å². The molecule has 0 aliphatic carbocycles. The molecule has 1 aromatic heterocycles. The van der Waals surface area contributed by atoms with Crippen molar-refractivity contribution in [2.45, 2.75) is 33.2 Å². The molecule has 0 spiro atoms. The Labute approximate surface area is 94.3 Å². The molecule has 1 heterocycles. The van der Waals surface area contributed by atoms with Crippen LogP contribution in [-0.4, -0.2) is 11.0 Å². The summed E-state index contributed by atoms with van der Waals surface area (Å²) < 4.78 is 0.888. The zero-order valence-electron chi connectivity index (χ0n) is 8.92. The van der Waals surface area contributed by atoms with Gasteiger partial charge in [-0.05, 0) is 40.4 Å². The maximum Gasteiger partial charge on any atom is 0.129 e. The molecule has 1 unspecified atom stereocenters. The molecule has 1 rings (SSSR count). The van der Waals surface area contributed by atoms with Gasteiger partial charge in [-0.15, -0.1) is 0 Å². The Balaban J connectivity index is 2.72. The predicted octanol–water partition coefficient (Wildman–Crippen LogP) is 3.69. The lowest BCUT2D eigenvalue weighted by Gasteiger charge is -2.22. The van der Waals surface area contributed by atoms with E-state index in [1.807, 2.05) is 12.1 Å². The first-order valence-corrected chi connectivity index (χ1v) is 5.81. The molecule has 1 N–H and O–H groups in total. The Bertz CT molecular complexity index is 286. The maximum absolute atomic E-state index is 4.18. The minimum Gasteiger partial charge on any atom is -0.380 e. The molecule has 0 amide bonds. The quantitative estimate of drug-likeness (QED) is 0.832. The molecule has 78 valence electrons. The summed E-state index contributed by atoms with van der Waals surface area (Å²) in [4.78, 5) is 4.18. The molecule has 0 radical (unpaired) electrons. The lowest BCUT2D eigenvalue weighted by atomic mass is 10.0. The zero-order valence-corrected chi connectivity index (χ0v) is 10.5. The Kier molecular flexibility index (Phi) is 4.39. The maximum atomic E-state index is 4.18. The van der Waals surface area contributed by atoms with Gasteiger partial charge in [0.05, 0.1) is 5.69 Å². The molecule has 0 saturated heterocycles. The molecule has 14 heavy (non-hydrogen) atoms. The molecule has 0 aliphatic heterocycles. The van der Waals surface area contributed by atoms with Crippen molar-refractivity contribution in [1.82, 2.24) is 4.98 Å². The summed E-state index contributed by atoms with van der Waals surface area (Å²) in [5.41, 5.74) is 1.08. The molecule has 0 fully saturated rings. The molecule has 1 atom stereocenters. The Morgan fingerprint density at radius 2 is 2.21 bits per heavy atom. The Morgan fingerprint density at radius 1 is 1.50 bits per heavy atom. The van der Waals surface area contributed by atoms with Gasteiger partial charge in [0, 0.05) is 12.2 Å². The van der Waals surface area contributed by atoms with Crippen molar-refractivity contribution in [3.63, 3.8) is 0 Å². The van der Waals surface area contributed by atoms with Gasteiger partial charge < -0.3 is 5.32 Å². The van der Waals surface area contributed by atoms with E-state index in [1.54, 1.807) is 6.20 Å². The summed E-state index contributed by atoms with van der Waals surface area (Å²) in [5.74, 6) is 0.632. The topological polar surface area (TPSA) is 24.9 Å². The molecule has 1 aromatic rings. The highest BCUT2D eigenvalue weighted by Crippen LogP contribution is 2.21. The molecule has 2 nitrogen and oxygen atoms in total. The number of nitrogens with one attached hydrogen (secondary N) is 1. The van der Waals surface area contributed by atoms with Crippen LogP contribution in [0.3, 0.4) is 0 Å². The number of nitrogens with zero attached hydrogens (tertiary/aromatic N) is 1. The molecule has 3 heteroatoms. The number of anilines is 1. The first-order chi connectivity index (χ1) is 6.65. The molecule has 0 aliphatic rings. The molecule has 0 bridgehead atoms. The highest BCUT2D eigenvalue weighted by molar-refractivity contribution is 9.10. The second kappa shape index (κ2) is 5.35. The number of halogens is 1. The van der Waals surface area contributed by atoms with E-state index in [2.05, 4.69) is 47.0 Å². The van der Waals surface area contributed by atoms with Crippen LogP contribution in [0.4, 0.5) is 5.69 Å². The first-order valence-electron chi connectivity index (χ1n) is 5.02. The fourth-order valence-electron chi connectivity index (χ4n) is 1.43. The number of hydrogen-bond donors (Lipinski definition) is 1. The van der Waals surface area contributed by atoms with Gasteiger partial charge >= 0.3 is 0 Å². The van der Waals surface area contributed by atoms with E-state index in [0.29, 0.717) is 12.0 Å². The van der Waals surface area contributed by atoms with Gasteiger partial charge in [0.15, 0.2) is 0 Å². The second-order valence-electron chi connectivity index (χ2n) is 3.74. The van der Waals surface area contributed by atoms with Gasteiger partial charge in [-0.25, -0.2) is 4.98 Å². The predicted molar refractivity (Wildman–Crippen MR) is 64.5 cm³/mol. The van der Waals surface area contributed by atoms with Crippen molar-refractivity contribution in [2.24, 2.45) is 5.92 Å². The van der Waals surface area contributed by atoms with E-state index >= 15 is 0 Å². The third-order valence-electron chi connectivity index (χ3n) is 2.34. The Hall–Kier alpha value is -0.570. The normalized spacial score (nSPS) is 12.9. The van der Waals surface area contributed by atoms with Crippen LogP contribution in [-0.2, 0) is 0 Å². The van der Waals surface area contributed by atoms with E-state index in [0.717, 1.165) is 16.7 Å². The first kappa shape index (κ1) is 11.5. The zero-order chi connectivity index (χ0) is 10.6. The third-order valence-corrected chi connectivity index (χ3v) is 2.98. The van der Waals surface area contributed by atoms with E-state index in [9.17, 15) is 0 Å². The molecule has 0 aromatic carbocycles. The van der Waals surface area contributed by atoms with Crippen LogP contribution in [0.25, 0.3) is 0 Å². The summed E-state index contributed by atoms with van der Waals surface area (Å²) in [5, 5.41) is 3.49. The summed E-state index contributed by atoms with van der Waals surface area (Å²) in [6.45, 7) is 6.65. The number of rotatable bonds is 4. The molecule has 0 saturated carbocycles. The summed E-state index contributed by atoms with van der Waals surface area (Å²) >= 11 is 3.43. The van der Waals surface area contributed by atoms with E-state index in [4.69, 9.17) is 0 Å². The summed E-state index contributed by atoms with van der Waals surface area (Å²) in [7, 11) is 0. The van der Waals surface area contributed by atoms with Gasteiger partial charge in [-0.1, -0.05) is 20.8 Å². The van der Waals surface area contributed by atoms with E-state index < -0.39 is 0 Å². The van der Waals surface area contributed by atoms with Crippen LogP contribution in [0.5, 0.6) is 0 Å². The lowest BCUT2D eigenvalue weighted by Crippen LogP contribution is -2.24. The number of aromatic nitrogens is 1. The summed E-state index contributed by atoms with van der Waals surface area (Å²) in [6, 6.07) is 4.50. The van der Waals surface area contributed by atoms with Gasteiger partial charge in [0.1, 0.15) is 4.60 Å². The molecular weight excluding hydrogens is 240 g/mol. The van der Waals surface area contributed by atoms with Gasteiger partial charge in [0.2, 0.25) is 0 Å². The van der Waals surface area contributed by atoms with Gasteiger partial charge in [-0.2, -0.15) is 0 Å². The highest BCUT2D eigenvalue weighted by Gasteiger charge is 2.11. The lowest BCUT2D eigenvalue weighted by molar-refractivity contribution is 0.511. The van der Waals surface area contributed by atoms with Crippen molar-refractivity contribution < 1.29 is 0 Å². The van der Waals surface area contributed by atoms with Gasteiger partial charge in [0.25, 0.3) is 0 Å².